The Morgan fingerprint density at radius 3 is 2.09 bits per heavy atom. The normalized spacial score (nSPS) is 20.3. The molecule has 1 aliphatic heterocycles. The second-order valence-electron chi connectivity index (χ2n) is 6.90. The minimum Gasteiger partial charge on any atom is -0.497 e. The van der Waals surface area contributed by atoms with E-state index >= 15 is 0 Å². The van der Waals surface area contributed by atoms with Crippen molar-refractivity contribution in [2.45, 2.75) is 57.7 Å². The highest BCUT2D eigenvalue weighted by molar-refractivity contribution is 6.45. The number of ether oxygens (including phenoxy) is 2. The van der Waals surface area contributed by atoms with Gasteiger partial charge in [0.05, 0.1) is 24.4 Å². The number of benzene rings is 1. The Morgan fingerprint density at radius 2 is 1.57 bits per heavy atom. The van der Waals surface area contributed by atoms with E-state index in [4.69, 9.17) is 18.8 Å². The molecule has 1 atom stereocenters. The lowest BCUT2D eigenvalue weighted by molar-refractivity contribution is 0.00578. The first-order chi connectivity index (χ1) is 10.7. The summed E-state index contributed by atoms with van der Waals surface area (Å²) in [5.41, 5.74) is -0.662. The summed E-state index contributed by atoms with van der Waals surface area (Å²) in [5.74, 6) is 1.49. The maximum atomic E-state index is 10.1. The van der Waals surface area contributed by atoms with Gasteiger partial charge in [0.1, 0.15) is 18.1 Å². The molecule has 2 rings (SSSR count). The first-order valence-electron chi connectivity index (χ1n) is 8.04. The fourth-order valence-corrected chi connectivity index (χ4v) is 2.36. The number of aliphatic hydroxyl groups is 1. The van der Waals surface area contributed by atoms with Gasteiger partial charge in [0.15, 0.2) is 0 Å². The summed E-state index contributed by atoms with van der Waals surface area (Å²) in [7, 11) is 1.34. The maximum Gasteiger partial charge on any atom is 0.457 e. The summed E-state index contributed by atoms with van der Waals surface area (Å²) in [4.78, 5) is 0. The van der Waals surface area contributed by atoms with Crippen LogP contribution >= 0.6 is 0 Å². The second-order valence-corrected chi connectivity index (χ2v) is 6.90. The lowest BCUT2D eigenvalue weighted by atomic mass is 9.82. The molecular weight excluding hydrogens is 295 g/mol. The molecule has 0 saturated carbocycles. The average Bonchev–Trinajstić information content (AvgIpc) is 2.71. The lowest BCUT2D eigenvalue weighted by Gasteiger charge is -2.32. The van der Waals surface area contributed by atoms with Crippen molar-refractivity contribution in [1.82, 2.24) is 0 Å². The highest BCUT2D eigenvalue weighted by Gasteiger charge is 2.50. The van der Waals surface area contributed by atoms with Gasteiger partial charge < -0.3 is 23.9 Å². The zero-order valence-corrected chi connectivity index (χ0v) is 14.7. The zero-order chi connectivity index (χ0) is 17.1. The molecule has 1 aliphatic rings. The Bertz CT molecular complexity index is 484. The second kappa shape index (κ2) is 7.12. The molecular formula is C17H27BO5. The van der Waals surface area contributed by atoms with E-state index < -0.39 is 6.10 Å². The minimum atomic E-state index is -0.559. The van der Waals surface area contributed by atoms with E-state index in [0.717, 1.165) is 5.75 Å². The maximum absolute atomic E-state index is 10.1. The van der Waals surface area contributed by atoms with Crippen molar-refractivity contribution in [3.8, 4) is 11.5 Å². The molecule has 1 saturated heterocycles. The largest absolute Gasteiger partial charge is 0.497 e. The number of hydrogen-bond acceptors (Lipinski definition) is 5. The highest BCUT2D eigenvalue weighted by Crippen LogP contribution is 2.38. The van der Waals surface area contributed by atoms with Crippen LogP contribution in [0.3, 0.4) is 0 Å². The van der Waals surface area contributed by atoms with Gasteiger partial charge in [-0.25, -0.2) is 0 Å². The van der Waals surface area contributed by atoms with Crippen LogP contribution in [0.1, 0.15) is 34.1 Å². The summed E-state index contributed by atoms with van der Waals surface area (Å²) in [5, 5.41) is 10.1. The highest BCUT2D eigenvalue weighted by atomic mass is 16.7. The number of methoxy groups -OCH3 is 1. The van der Waals surface area contributed by atoms with Gasteiger partial charge in [-0.1, -0.05) is 0 Å². The molecule has 1 N–H and O–H groups in total. The third kappa shape index (κ3) is 4.62. The number of rotatable bonds is 7. The third-order valence-corrected chi connectivity index (χ3v) is 4.54. The molecule has 0 aromatic heterocycles. The Hall–Kier alpha value is -1.24. The van der Waals surface area contributed by atoms with Gasteiger partial charge in [0.25, 0.3) is 0 Å². The smallest absolute Gasteiger partial charge is 0.457 e. The van der Waals surface area contributed by atoms with Crippen LogP contribution in [0.5, 0.6) is 11.5 Å². The number of hydrogen-bond donors (Lipinski definition) is 1. The van der Waals surface area contributed by atoms with Crippen LogP contribution in [0.2, 0.25) is 6.32 Å². The van der Waals surface area contributed by atoms with Gasteiger partial charge >= 0.3 is 7.12 Å². The summed E-state index contributed by atoms with van der Waals surface area (Å²) < 4.78 is 22.5. The van der Waals surface area contributed by atoms with E-state index in [9.17, 15) is 5.11 Å². The fourth-order valence-electron chi connectivity index (χ4n) is 2.36. The quantitative estimate of drug-likeness (QED) is 0.782. The van der Waals surface area contributed by atoms with E-state index in [1.165, 1.54) is 0 Å². The third-order valence-electron chi connectivity index (χ3n) is 4.54. The van der Waals surface area contributed by atoms with Crippen molar-refractivity contribution in [2.24, 2.45) is 0 Å². The molecule has 1 unspecified atom stereocenters. The van der Waals surface area contributed by atoms with Crippen molar-refractivity contribution in [2.75, 3.05) is 13.7 Å². The van der Waals surface area contributed by atoms with E-state index in [-0.39, 0.29) is 24.9 Å². The molecule has 0 spiro atoms. The van der Waals surface area contributed by atoms with Crippen LogP contribution in [0.15, 0.2) is 24.3 Å². The molecule has 0 bridgehead atoms. The van der Waals surface area contributed by atoms with Crippen LogP contribution in [-0.4, -0.2) is 43.2 Å². The van der Waals surface area contributed by atoms with E-state index in [0.29, 0.717) is 18.5 Å². The molecule has 1 fully saturated rings. The van der Waals surface area contributed by atoms with Crippen molar-refractivity contribution in [1.29, 1.82) is 0 Å². The molecule has 5 nitrogen and oxygen atoms in total. The van der Waals surface area contributed by atoms with Crippen molar-refractivity contribution in [3.63, 3.8) is 0 Å². The molecule has 0 amide bonds. The molecule has 23 heavy (non-hydrogen) atoms. The Labute approximate surface area is 139 Å². The van der Waals surface area contributed by atoms with Crippen molar-refractivity contribution in [3.05, 3.63) is 24.3 Å². The van der Waals surface area contributed by atoms with Gasteiger partial charge in [0, 0.05) is 0 Å². The standard InChI is InChI=1S/C17H27BO5/c1-16(2)17(3,4)23-18(22-16)11-10-13(19)12-21-15-8-6-14(20-5)7-9-15/h6-9,13,19H,10-12H2,1-5H3. The van der Waals surface area contributed by atoms with Crippen molar-refractivity contribution >= 4 is 7.12 Å². The van der Waals surface area contributed by atoms with E-state index in [1.54, 1.807) is 7.11 Å². The monoisotopic (exact) mass is 322 g/mol. The fraction of sp³-hybridized carbons (Fsp3) is 0.647. The van der Waals surface area contributed by atoms with Gasteiger partial charge in [-0.15, -0.1) is 0 Å². The topological polar surface area (TPSA) is 57.2 Å². The predicted octanol–water partition coefficient (Wildman–Crippen LogP) is 2.92. The summed E-state index contributed by atoms with van der Waals surface area (Å²) in [6.07, 6.45) is 0.642. The van der Waals surface area contributed by atoms with Crippen LogP contribution in [0.25, 0.3) is 0 Å². The summed E-state index contributed by atoms with van der Waals surface area (Å²) >= 11 is 0. The molecule has 0 aliphatic carbocycles. The molecule has 6 heteroatoms. The summed E-state index contributed by atoms with van der Waals surface area (Å²) in [6, 6.07) is 7.29. The predicted molar refractivity (Wildman–Crippen MR) is 90.0 cm³/mol. The molecule has 1 aromatic rings. The minimum absolute atomic E-state index is 0.242. The first-order valence-corrected chi connectivity index (χ1v) is 8.04. The average molecular weight is 322 g/mol. The Kier molecular flexibility index (Phi) is 5.60. The van der Waals surface area contributed by atoms with Gasteiger partial charge in [-0.3, -0.25) is 0 Å². The summed E-state index contributed by atoms with van der Waals surface area (Å²) in [6.45, 7) is 8.34. The van der Waals surface area contributed by atoms with Crippen LogP contribution < -0.4 is 9.47 Å². The van der Waals surface area contributed by atoms with Gasteiger partial charge in [-0.05, 0) is 64.7 Å². The van der Waals surface area contributed by atoms with E-state index in [1.807, 2.05) is 52.0 Å². The Balaban J connectivity index is 1.72. The van der Waals surface area contributed by atoms with Crippen LogP contribution in [-0.2, 0) is 9.31 Å². The van der Waals surface area contributed by atoms with E-state index in [2.05, 4.69) is 0 Å². The van der Waals surface area contributed by atoms with Crippen LogP contribution in [0.4, 0.5) is 0 Å². The SMILES string of the molecule is COc1ccc(OCC(O)CCB2OC(C)(C)C(C)(C)O2)cc1. The lowest BCUT2D eigenvalue weighted by Crippen LogP contribution is -2.41. The molecule has 0 radical (unpaired) electrons. The van der Waals surface area contributed by atoms with Crippen LogP contribution in [0, 0.1) is 0 Å². The number of aliphatic hydroxyl groups excluding tert-OH is 1. The molecule has 128 valence electrons. The van der Waals surface area contributed by atoms with Crippen molar-refractivity contribution < 1.29 is 23.9 Å². The zero-order valence-electron chi connectivity index (χ0n) is 14.7. The van der Waals surface area contributed by atoms with Gasteiger partial charge in [-0.2, -0.15) is 0 Å². The molecule has 1 aromatic carbocycles. The first kappa shape index (κ1) is 18.1. The van der Waals surface area contributed by atoms with Gasteiger partial charge in [0.2, 0.25) is 0 Å². The Morgan fingerprint density at radius 1 is 1.04 bits per heavy atom. The molecule has 1 heterocycles.